The molecule has 0 heterocycles. The van der Waals surface area contributed by atoms with E-state index in [1.807, 2.05) is 30.3 Å². The minimum atomic E-state index is 0.123. The van der Waals surface area contributed by atoms with Crippen LogP contribution in [0.25, 0.3) is 0 Å². The maximum atomic E-state index is 11.8. The van der Waals surface area contributed by atoms with Crippen molar-refractivity contribution in [3.05, 3.63) is 42.5 Å². The lowest BCUT2D eigenvalue weighted by Gasteiger charge is -2.09. The van der Waals surface area contributed by atoms with Crippen molar-refractivity contribution in [2.45, 2.75) is 19.3 Å². The van der Waals surface area contributed by atoms with Crippen LogP contribution in [0.1, 0.15) is 19.3 Å². The van der Waals surface area contributed by atoms with Crippen molar-refractivity contribution in [1.82, 2.24) is 0 Å². The summed E-state index contributed by atoms with van der Waals surface area (Å²) in [5.74, 6) is 0.248. The summed E-state index contributed by atoms with van der Waals surface area (Å²) in [6.45, 7) is 3.91. The van der Waals surface area contributed by atoms with Crippen LogP contribution < -0.4 is 5.32 Å². The molecule has 2 nitrogen and oxygen atoms in total. The summed E-state index contributed by atoms with van der Waals surface area (Å²) in [6, 6.07) is 9.59. The molecule has 1 saturated carbocycles. The molecule has 78 valence electrons. The van der Waals surface area contributed by atoms with Gasteiger partial charge < -0.3 is 5.32 Å². The number of hydrogen-bond acceptors (Lipinski definition) is 1. The molecule has 1 aliphatic carbocycles. The molecule has 15 heavy (non-hydrogen) atoms. The highest BCUT2D eigenvalue weighted by molar-refractivity contribution is 5.92. The van der Waals surface area contributed by atoms with Gasteiger partial charge in [0.05, 0.1) is 0 Å². The Kier molecular flexibility index (Phi) is 2.86. The molecule has 1 unspecified atom stereocenters. The molecule has 1 aromatic rings. The van der Waals surface area contributed by atoms with E-state index >= 15 is 0 Å². The van der Waals surface area contributed by atoms with Crippen molar-refractivity contribution >= 4 is 11.6 Å². The molecular formula is C13H15NO. The Morgan fingerprint density at radius 3 is 2.67 bits per heavy atom. The zero-order chi connectivity index (χ0) is 10.7. The lowest BCUT2D eigenvalue weighted by Crippen LogP contribution is -2.20. The third kappa shape index (κ3) is 2.46. The van der Waals surface area contributed by atoms with E-state index in [2.05, 4.69) is 11.9 Å². The quantitative estimate of drug-likeness (QED) is 0.732. The largest absolute Gasteiger partial charge is 0.326 e. The molecule has 1 atom stereocenters. The van der Waals surface area contributed by atoms with Crippen LogP contribution in [0.3, 0.4) is 0 Å². The van der Waals surface area contributed by atoms with Gasteiger partial charge in [-0.1, -0.05) is 30.4 Å². The first kappa shape index (κ1) is 9.97. The van der Waals surface area contributed by atoms with E-state index in [9.17, 15) is 4.79 Å². The molecule has 1 aliphatic rings. The number of carbonyl (C=O) groups excluding carboxylic acids is 1. The summed E-state index contributed by atoms with van der Waals surface area (Å²) in [7, 11) is 0. The third-order valence-corrected chi connectivity index (χ3v) is 2.79. The first-order chi connectivity index (χ1) is 7.25. The topological polar surface area (TPSA) is 29.1 Å². The van der Waals surface area contributed by atoms with Crippen LogP contribution in [0.2, 0.25) is 0 Å². The number of carbonyl (C=O) groups is 1. The van der Waals surface area contributed by atoms with Crippen LogP contribution in [0, 0.1) is 5.92 Å². The second-order valence-corrected chi connectivity index (χ2v) is 4.04. The minimum absolute atomic E-state index is 0.123. The maximum Gasteiger partial charge on any atom is 0.227 e. The molecule has 0 bridgehead atoms. The van der Waals surface area contributed by atoms with Gasteiger partial charge in [-0.15, -0.1) is 0 Å². The van der Waals surface area contributed by atoms with Gasteiger partial charge in [-0.3, -0.25) is 4.79 Å². The molecule has 0 aromatic heterocycles. The van der Waals surface area contributed by atoms with Crippen LogP contribution in [-0.4, -0.2) is 5.91 Å². The van der Waals surface area contributed by atoms with Crippen LogP contribution in [0.5, 0.6) is 0 Å². The smallest absolute Gasteiger partial charge is 0.227 e. The molecule has 1 fully saturated rings. The number of amides is 1. The molecule has 2 heteroatoms. The zero-order valence-electron chi connectivity index (χ0n) is 8.70. The van der Waals surface area contributed by atoms with Crippen LogP contribution in [0.15, 0.2) is 42.5 Å². The Morgan fingerprint density at radius 1 is 1.33 bits per heavy atom. The van der Waals surface area contributed by atoms with Crippen molar-refractivity contribution in [3.63, 3.8) is 0 Å². The predicted molar refractivity (Wildman–Crippen MR) is 61.6 cm³/mol. The van der Waals surface area contributed by atoms with Gasteiger partial charge >= 0.3 is 0 Å². The Bertz CT molecular complexity index is 369. The van der Waals surface area contributed by atoms with Gasteiger partial charge in [-0.25, -0.2) is 0 Å². The lowest BCUT2D eigenvalue weighted by molar-refractivity contribution is -0.119. The highest BCUT2D eigenvalue weighted by atomic mass is 16.1. The number of allylic oxidation sites excluding steroid dienone is 1. The average molecular weight is 201 g/mol. The van der Waals surface area contributed by atoms with Crippen LogP contribution >= 0.6 is 0 Å². The molecule has 1 N–H and O–H groups in total. The van der Waals surface area contributed by atoms with Crippen molar-refractivity contribution in [2.75, 3.05) is 5.32 Å². The maximum absolute atomic E-state index is 11.8. The SMILES string of the molecule is C=C1CCC(C(=O)Nc2ccccc2)C1. The average Bonchev–Trinajstić information content (AvgIpc) is 2.66. The first-order valence-electron chi connectivity index (χ1n) is 5.28. The number of benzene rings is 1. The normalized spacial score (nSPS) is 20.3. The summed E-state index contributed by atoms with van der Waals surface area (Å²) in [6.07, 6.45) is 2.78. The fourth-order valence-corrected chi connectivity index (χ4v) is 1.92. The van der Waals surface area contributed by atoms with Gasteiger partial charge in [0.15, 0.2) is 0 Å². The zero-order valence-corrected chi connectivity index (χ0v) is 8.70. The summed E-state index contributed by atoms with van der Waals surface area (Å²) < 4.78 is 0. The molecule has 0 spiro atoms. The predicted octanol–water partition coefficient (Wildman–Crippen LogP) is 2.98. The second kappa shape index (κ2) is 4.30. The molecular weight excluding hydrogens is 186 g/mol. The van der Waals surface area contributed by atoms with Gasteiger partial charge in [0.1, 0.15) is 0 Å². The van der Waals surface area contributed by atoms with E-state index in [-0.39, 0.29) is 11.8 Å². The van der Waals surface area contributed by atoms with Gasteiger partial charge in [0.2, 0.25) is 5.91 Å². The Labute approximate surface area is 90.0 Å². The van der Waals surface area contributed by atoms with E-state index in [0.717, 1.165) is 24.9 Å². The van der Waals surface area contributed by atoms with Gasteiger partial charge in [0.25, 0.3) is 0 Å². The van der Waals surface area contributed by atoms with Crippen molar-refractivity contribution in [2.24, 2.45) is 5.92 Å². The van der Waals surface area contributed by atoms with Gasteiger partial charge in [0, 0.05) is 11.6 Å². The number of anilines is 1. The van der Waals surface area contributed by atoms with E-state index < -0.39 is 0 Å². The van der Waals surface area contributed by atoms with Crippen LogP contribution in [-0.2, 0) is 4.79 Å². The number of rotatable bonds is 2. The fraction of sp³-hybridized carbons (Fsp3) is 0.308. The van der Waals surface area contributed by atoms with Gasteiger partial charge in [-0.05, 0) is 31.4 Å². The lowest BCUT2D eigenvalue weighted by atomic mass is 10.1. The Hall–Kier alpha value is -1.57. The monoisotopic (exact) mass is 201 g/mol. The van der Waals surface area contributed by atoms with Gasteiger partial charge in [-0.2, -0.15) is 0 Å². The molecule has 1 aromatic carbocycles. The number of nitrogens with one attached hydrogen (secondary N) is 1. The van der Waals surface area contributed by atoms with E-state index in [4.69, 9.17) is 0 Å². The minimum Gasteiger partial charge on any atom is -0.326 e. The summed E-state index contributed by atoms with van der Waals surface area (Å²) in [5, 5.41) is 2.92. The highest BCUT2D eigenvalue weighted by Crippen LogP contribution is 2.29. The highest BCUT2D eigenvalue weighted by Gasteiger charge is 2.24. The molecule has 0 aliphatic heterocycles. The Balaban J connectivity index is 1.96. The van der Waals surface area contributed by atoms with E-state index in [1.54, 1.807) is 0 Å². The fourth-order valence-electron chi connectivity index (χ4n) is 1.92. The molecule has 0 saturated heterocycles. The summed E-state index contributed by atoms with van der Waals surface area (Å²) in [5.41, 5.74) is 2.07. The van der Waals surface area contributed by atoms with E-state index in [1.165, 1.54) is 5.57 Å². The number of para-hydroxylation sites is 1. The summed E-state index contributed by atoms with van der Waals surface area (Å²) >= 11 is 0. The van der Waals surface area contributed by atoms with Crippen LogP contribution in [0.4, 0.5) is 5.69 Å². The first-order valence-corrected chi connectivity index (χ1v) is 5.28. The molecule has 1 amide bonds. The van der Waals surface area contributed by atoms with Crippen molar-refractivity contribution in [3.8, 4) is 0 Å². The molecule has 0 radical (unpaired) electrons. The number of hydrogen-bond donors (Lipinski definition) is 1. The van der Waals surface area contributed by atoms with E-state index in [0.29, 0.717) is 0 Å². The van der Waals surface area contributed by atoms with Crippen molar-refractivity contribution < 1.29 is 4.79 Å². The molecule has 2 rings (SSSR count). The van der Waals surface area contributed by atoms with Crippen molar-refractivity contribution in [1.29, 1.82) is 0 Å². The second-order valence-electron chi connectivity index (χ2n) is 4.04. The summed E-state index contributed by atoms with van der Waals surface area (Å²) in [4.78, 5) is 11.8. The standard InChI is InChI=1S/C13H15NO/c1-10-7-8-11(9-10)13(15)14-12-5-3-2-4-6-12/h2-6,11H,1,7-9H2,(H,14,15). The Morgan fingerprint density at radius 2 is 2.07 bits per heavy atom. The third-order valence-electron chi connectivity index (χ3n) is 2.79.